The number of carbonyl (C=O) groups excluding carboxylic acids is 2. The Bertz CT molecular complexity index is 471. The first-order valence-corrected chi connectivity index (χ1v) is 11.6. The molecule has 1 N–H and O–H groups in total. The van der Waals surface area contributed by atoms with Gasteiger partial charge in [0, 0.05) is 17.9 Å². The monoisotopic (exact) mass is 463 g/mol. The summed E-state index contributed by atoms with van der Waals surface area (Å²) < 4.78 is 32.3. The minimum Gasteiger partial charge on any atom is -0.377 e. The number of ether oxygens (including phenoxy) is 6. The van der Waals surface area contributed by atoms with Crippen molar-refractivity contribution in [2.75, 3.05) is 85.8 Å². The topological polar surface area (TPSA) is 102 Å². The molecule has 0 heterocycles. The van der Waals surface area contributed by atoms with Crippen molar-refractivity contribution in [2.45, 2.75) is 41.0 Å². The van der Waals surface area contributed by atoms with Gasteiger partial charge in [0.05, 0.1) is 72.7 Å². The highest BCUT2D eigenvalue weighted by Gasteiger charge is 2.24. The predicted octanol–water partition coefficient (Wildman–Crippen LogP) is 1.86. The molecule has 1 amide bonds. The van der Waals surface area contributed by atoms with Gasteiger partial charge in [0.1, 0.15) is 6.61 Å². The van der Waals surface area contributed by atoms with E-state index in [0.29, 0.717) is 79.2 Å². The maximum atomic E-state index is 11.9. The number of hydrogen-bond acceptors (Lipinski definition) is 8. The largest absolute Gasteiger partial charge is 0.377 e. The summed E-state index contributed by atoms with van der Waals surface area (Å²) in [7, 11) is 0. The van der Waals surface area contributed by atoms with Crippen LogP contribution in [0.5, 0.6) is 0 Å². The molecular formula is C23H45NO8. The number of amides is 1. The molecule has 0 fully saturated rings. The van der Waals surface area contributed by atoms with Gasteiger partial charge in [-0.05, 0) is 6.42 Å². The van der Waals surface area contributed by atoms with E-state index in [2.05, 4.69) is 5.32 Å². The van der Waals surface area contributed by atoms with Crippen molar-refractivity contribution in [3.8, 4) is 0 Å². The SMILES string of the molecule is CCC(C)(C)C(=O)NCCOCCOCCOCCOCCOCCOCC(=O)C(C)C. The fraction of sp³-hybridized carbons (Fsp3) is 0.913. The molecule has 0 saturated carbocycles. The van der Waals surface area contributed by atoms with Gasteiger partial charge in [0.2, 0.25) is 5.91 Å². The zero-order valence-corrected chi connectivity index (χ0v) is 20.7. The van der Waals surface area contributed by atoms with Crippen molar-refractivity contribution in [1.82, 2.24) is 5.32 Å². The molecule has 32 heavy (non-hydrogen) atoms. The van der Waals surface area contributed by atoms with Crippen molar-refractivity contribution < 1.29 is 38.0 Å². The second-order valence-corrected chi connectivity index (χ2v) is 8.23. The van der Waals surface area contributed by atoms with Crippen molar-refractivity contribution in [3.05, 3.63) is 0 Å². The normalized spacial score (nSPS) is 11.8. The smallest absolute Gasteiger partial charge is 0.225 e. The number of ketones is 1. The molecule has 9 nitrogen and oxygen atoms in total. The lowest BCUT2D eigenvalue weighted by atomic mass is 9.89. The van der Waals surface area contributed by atoms with Crippen LogP contribution in [-0.2, 0) is 38.0 Å². The number of rotatable bonds is 23. The Labute approximate surface area is 193 Å². The standard InChI is InChI=1S/C23H45NO8/c1-6-23(4,5)22(26)24-7-8-27-9-10-28-11-12-29-13-14-30-15-16-31-17-18-32-19-21(25)20(2)3/h20H,6-19H2,1-5H3,(H,24,26). The van der Waals surface area contributed by atoms with E-state index in [1.54, 1.807) is 0 Å². The maximum Gasteiger partial charge on any atom is 0.225 e. The number of carbonyl (C=O) groups is 2. The first kappa shape index (κ1) is 30.9. The average molecular weight is 464 g/mol. The second-order valence-electron chi connectivity index (χ2n) is 8.23. The van der Waals surface area contributed by atoms with Gasteiger partial charge in [-0.2, -0.15) is 0 Å². The molecule has 9 heteroatoms. The third kappa shape index (κ3) is 18.5. The van der Waals surface area contributed by atoms with Crippen molar-refractivity contribution in [3.63, 3.8) is 0 Å². The summed E-state index contributed by atoms with van der Waals surface area (Å²) in [5.74, 6) is 0.150. The first-order chi connectivity index (χ1) is 15.3. The molecule has 0 bridgehead atoms. The molecule has 0 rings (SSSR count). The van der Waals surface area contributed by atoms with Crippen LogP contribution in [-0.4, -0.2) is 97.5 Å². The van der Waals surface area contributed by atoms with Gasteiger partial charge in [0.15, 0.2) is 5.78 Å². The van der Waals surface area contributed by atoms with Crippen LogP contribution in [0.4, 0.5) is 0 Å². The zero-order valence-electron chi connectivity index (χ0n) is 20.7. The van der Waals surface area contributed by atoms with E-state index in [1.807, 2.05) is 34.6 Å². The average Bonchev–Trinajstić information content (AvgIpc) is 2.77. The molecule has 0 aliphatic heterocycles. The van der Waals surface area contributed by atoms with Crippen LogP contribution in [0.2, 0.25) is 0 Å². The van der Waals surface area contributed by atoms with Crippen LogP contribution >= 0.6 is 0 Å². The highest BCUT2D eigenvalue weighted by atomic mass is 16.6. The number of hydrogen-bond donors (Lipinski definition) is 1. The molecule has 0 radical (unpaired) electrons. The maximum absolute atomic E-state index is 11.9. The zero-order chi connectivity index (χ0) is 24.1. The molecule has 0 aromatic rings. The van der Waals surface area contributed by atoms with Gasteiger partial charge in [-0.1, -0.05) is 34.6 Å². The molecule has 0 aliphatic carbocycles. The fourth-order valence-corrected chi connectivity index (χ4v) is 2.08. The lowest BCUT2D eigenvalue weighted by Crippen LogP contribution is -2.38. The summed E-state index contributed by atoms with van der Waals surface area (Å²) in [6.07, 6.45) is 0.801. The summed E-state index contributed by atoms with van der Waals surface area (Å²) in [5, 5.41) is 2.87. The minimum atomic E-state index is -0.340. The van der Waals surface area contributed by atoms with E-state index in [9.17, 15) is 9.59 Å². The van der Waals surface area contributed by atoms with Crippen LogP contribution in [0.3, 0.4) is 0 Å². The van der Waals surface area contributed by atoms with Crippen LogP contribution in [0.1, 0.15) is 41.0 Å². The highest BCUT2D eigenvalue weighted by molar-refractivity contribution is 5.81. The predicted molar refractivity (Wildman–Crippen MR) is 122 cm³/mol. The Morgan fingerprint density at radius 1 is 0.688 bits per heavy atom. The summed E-state index contributed by atoms with van der Waals surface area (Å²) in [6.45, 7) is 15.4. The van der Waals surface area contributed by atoms with Gasteiger partial charge in [-0.15, -0.1) is 0 Å². The van der Waals surface area contributed by atoms with Gasteiger partial charge in [0.25, 0.3) is 0 Å². The minimum absolute atomic E-state index is 0.00184. The van der Waals surface area contributed by atoms with Crippen molar-refractivity contribution in [1.29, 1.82) is 0 Å². The van der Waals surface area contributed by atoms with E-state index in [0.717, 1.165) is 6.42 Å². The van der Waals surface area contributed by atoms with Crippen LogP contribution in [0.15, 0.2) is 0 Å². The second kappa shape index (κ2) is 20.5. The molecule has 0 atom stereocenters. The third-order valence-corrected chi connectivity index (χ3v) is 4.78. The van der Waals surface area contributed by atoms with Gasteiger partial charge >= 0.3 is 0 Å². The fourth-order valence-electron chi connectivity index (χ4n) is 2.08. The molecule has 0 spiro atoms. The van der Waals surface area contributed by atoms with Crippen LogP contribution < -0.4 is 5.32 Å². The highest BCUT2D eigenvalue weighted by Crippen LogP contribution is 2.18. The van der Waals surface area contributed by atoms with Crippen molar-refractivity contribution >= 4 is 11.7 Å². The van der Waals surface area contributed by atoms with Crippen molar-refractivity contribution in [2.24, 2.45) is 11.3 Å². The Kier molecular flexibility index (Phi) is 19.8. The summed E-state index contributed by atoms with van der Waals surface area (Å²) in [4.78, 5) is 23.2. The van der Waals surface area contributed by atoms with E-state index >= 15 is 0 Å². The Morgan fingerprint density at radius 2 is 1.06 bits per heavy atom. The Morgan fingerprint density at radius 3 is 1.44 bits per heavy atom. The van der Waals surface area contributed by atoms with Crippen LogP contribution in [0.25, 0.3) is 0 Å². The number of Topliss-reactive ketones (excluding diaryl/α,β-unsaturated/α-hetero) is 1. The van der Waals surface area contributed by atoms with E-state index < -0.39 is 0 Å². The molecule has 0 aromatic heterocycles. The molecular weight excluding hydrogens is 418 g/mol. The summed E-state index contributed by atoms with van der Waals surface area (Å²) in [5.41, 5.74) is -0.340. The molecule has 0 aromatic carbocycles. The third-order valence-electron chi connectivity index (χ3n) is 4.78. The molecule has 190 valence electrons. The molecule has 0 saturated heterocycles. The summed E-state index contributed by atoms with van der Waals surface area (Å²) in [6, 6.07) is 0. The molecule has 0 unspecified atom stereocenters. The van der Waals surface area contributed by atoms with Gasteiger partial charge < -0.3 is 33.7 Å². The Hall–Kier alpha value is -1.10. The Balaban J connectivity index is 3.20. The van der Waals surface area contributed by atoms with E-state index in [1.165, 1.54) is 0 Å². The van der Waals surface area contributed by atoms with Gasteiger partial charge in [-0.25, -0.2) is 0 Å². The first-order valence-electron chi connectivity index (χ1n) is 11.6. The van der Waals surface area contributed by atoms with Gasteiger partial charge in [-0.3, -0.25) is 9.59 Å². The number of nitrogens with one attached hydrogen (secondary N) is 1. The molecule has 0 aliphatic rings. The van der Waals surface area contributed by atoms with E-state index in [-0.39, 0.29) is 29.6 Å². The lowest BCUT2D eigenvalue weighted by Gasteiger charge is -2.21. The summed E-state index contributed by atoms with van der Waals surface area (Å²) >= 11 is 0. The quantitative estimate of drug-likeness (QED) is 0.229. The van der Waals surface area contributed by atoms with Crippen LogP contribution in [0, 0.1) is 11.3 Å². The van der Waals surface area contributed by atoms with E-state index in [4.69, 9.17) is 28.4 Å². The lowest BCUT2D eigenvalue weighted by molar-refractivity contribution is -0.129.